The van der Waals surface area contributed by atoms with E-state index in [-0.39, 0.29) is 18.4 Å². The van der Waals surface area contributed by atoms with Crippen LogP contribution in [0.4, 0.5) is 0 Å². The molecule has 1 amide bonds. The second-order valence-corrected chi connectivity index (χ2v) is 6.99. The van der Waals surface area contributed by atoms with E-state index in [1.807, 2.05) is 24.1 Å². The molecule has 1 atom stereocenters. The number of amides is 1. The van der Waals surface area contributed by atoms with Crippen LogP contribution in [-0.2, 0) is 9.59 Å². The van der Waals surface area contributed by atoms with Crippen LogP contribution in [0.1, 0.15) is 51.1 Å². The predicted molar refractivity (Wildman–Crippen MR) is 78.7 cm³/mol. The Kier molecular flexibility index (Phi) is 4.48. The zero-order chi connectivity index (χ0) is 14.8. The van der Waals surface area contributed by atoms with Crippen molar-refractivity contribution in [1.29, 1.82) is 0 Å². The van der Waals surface area contributed by atoms with Crippen LogP contribution < -0.4 is 0 Å². The summed E-state index contributed by atoms with van der Waals surface area (Å²) in [5.41, 5.74) is 0.710. The second kappa shape index (κ2) is 5.95. The standard InChI is InChI=1S/C15H21NO3S/c1-15(2,9-14(18)19)8-13(17)16-6-3-4-12(16)11-5-7-20-10-11/h5,7,10,12H,3-4,6,8-9H2,1-2H3,(H,18,19). The van der Waals surface area contributed by atoms with Crippen LogP contribution >= 0.6 is 11.3 Å². The first kappa shape index (κ1) is 15.0. The van der Waals surface area contributed by atoms with Gasteiger partial charge in [0.1, 0.15) is 0 Å². The minimum atomic E-state index is -0.849. The molecular weight excluding hydrogens is 274 g/mol. The largest absolute Gasteiger partial charge is 0.481 e. The Morgan fingerprint density at radius 2 is 2.20 bits per heavy atom. The maximum atomic E-state index is 12.5. The van der Waals surface area contributed by atoms with Crippen molar-refractivity contribution in [1.82, 2.24) is 4.90 Å². The molecule has 20 heavy (non-hydrogen) atoms. The monoisotopic (exact) mass is 295 g/mol. The zero-order valence-electron chi connectivity index (χ0n) is 12.0. The van der Waals surface area contributed by atoms with Gasteiger partial charge in [-0.2, -0.15) is 11.3 Å². The van der Waals surface area contributed by atoms with Crippen LogP contribution in [0.15, 0.2) is 16.8 Å². The molecule has 0 spiro atoms. The van der Waals surface area contributed by atoms with E-state index in [0.717, 1.165) is 19.4 Å². The van der Waals surface area contributed by atoms with Crippen molar-refractivity contribution in [3.63, 3.8) is 0 Å². The fourth-order valence-electron chi connectivity index (χ4n) is 2.86. The molecule has 2 heterocycles. The molecule has 0 aromatic carbocycles. The first-order valence-electron chi connectivity index (χ1n) is 6.92. The van der Waals surface area contributed by atoms with E-state index in [0.29, 0.717) is 6.42 Å². The van der Waals surface area contributed by atoms with Gasteiger partial charge in [0.15, 0.2) is 0 Å². The maximum absolute atomic E-state index is 12.5. The smallest absolute Gasteiger partial charge is 0.303 e. The van der Waals surface area contributed by atoms with Gasteiger partial charge in [0.25, 0.3) is 0 Å². The van der Waals surface area contributed by atoms with Gasteiger partial charge in [-0.15, -0.1) is 0 Å². The van der Waals surface area contributed by atoms with Gasteiger partial charge in [-0.05, 0) is 40.6 Å². The van der Waals surface area contributed by atoms with Crippen molar-refractivity contribution >= 4 is 23.2 Å². The Labute approximate surface area is 123 Å². The molecule has 1 aliphatic rings. The van der Waals surface area contributed by atoms with Crippen LogP contribution in [0.5, 0.6) is 0 Å². The van der Waals surface area contributed by atoms with Gasteiger partial charge >= 0.3 is 5.97 Å². The molecule has 1 aromatic rings. The van der Waals surface area contributed by atoms with Crippen molar-refractivity contribution in [2.45, 2.75) is 45.6 Å². The number of carboxylic acids is 1. The molecule has 0 radical (unpaired) electrons. The molecule has 2 rings (SSSR count). The van der Waals surface area contributed by atoms with Crippen LogP contribution in [0.2, 0.25) is 0 Å². The van der Waals surface area contributed by atoms with Gasteiger partial charge in [-0.25, -0.2) is 0 Å². The number of rotatable bonds is 5. The van der Waals surface area contributed by atoms with E-state index in [2.05, 4.69) is 11.4 Å². The number of aliphatic carboxylic acids is 1. The van der Waals surface area contributed by atoms with Crippen molar-refractivity contribution < 1.29 is 14.7 Å². The number of hydrogen-bond donors (Lipinski definition) is 1. The third-order valence-electron chi connectivity index (χ3n) is 3.76. The fraction of sp³-hybridized carbons (Fsp3) is 0.600. The van der Waals surface area contributed by atoms with Gasteiger partial charge in [0, 0.05) is 13.0 Å². The Hall–Kier alpha value is -1.36. The summed E-state index contributed by atoms with van der Waals surface area (Å²) in [4.78, 5) is 25.3. The minimum Gasteiger partial charge on any atom is -0.481 e. The normalized spacial score (nSPS) is 19.3. The lowest BCUT2D eigenvalue weighted by atomic mass is 9.85. The SMILES string of the molecule is CC(C)(CC(=O)O)CC(=O)N1CCCC1c1ccsc1. The van der Waals surface area contributed by atoms with E-state index in [1.165, 1.54) is 5.56 Å². The van der Waals surface area contributed by atoms with Crippen molar-refractivity contribution in [2.24, 2.45) is 5.41 Å². The zero-order valence-corrected chi connectivity index (χ0v) is 12.8. The molecular formula is C15H21NO3S. The molecule has 1 aromatic heterocycles. The number of hydrogen-bond acceptors (Lipinski definition) is 3. The summed E-state index contributed by atoms with van der Waals surface area (Å²) in [7, 11) is 0. The molecule has 4 nitrogen and oxygen atoms in total. The van der Waals surface area contributed by atoms with Gasteiger partial charge in [-0.3, -0.25) is 9.59 Å². The van der Waals surface area contributed by atoms with Gasteiger partial charge < -0.3 is 10.0 Å². The molecule has 1 aliphatic heterocycles. The lowest BCUT2D eigenvalue weighted by Gasteiger charge is -2.29. The summed E-state index contributed by atoms with van der Waals surface area (Å²) in [6.45, 7) is 4.46. The fourth-order valence-corrected chi connectivity index (χ4v) is 3.57. The number of likely N-dealkylation sites (tertiary alicyclic amines) is 1. The van der Waals surface area contributed by atoms with Crippen molar-refractivity contribution in [3.05, 3.63) is 22.4 Å². The summed E-state index contributed by atoms with van der Waals surface area (Å²) in [5.74, 6) is -0.774. The summed E-state index contributed by atoms with van der Waals surface area (Å²) in [6.07, 6.45) is 2.34. The number of carboxylic acid groups (broad SMARTS) is 1. The first-order valence-corrected chi connectivity index (χ1v) is 7.87. The highest BCUT2D eigenvalue weighted by Crippen LogP contribution is 2.35. The highest BCUT2D eigenvalue weighted by Gasteiger charge is 2.34. The van der Waals surface area contributed by atoms with E-state index in [9.17, 15) is 9.59 Å². The van der Waals surface area contributed by atoms with Crippen LogP contribution in [0.25, 0.3) is 0 Å². The molecule has 0 aliphatic carbocycles. The molecule has 0 saturated carbocycles. The lowest BCUT2D eigenvalue weighted by Crippen LogP contribution is -2.34. The lowest BCUT2D eigenvalue weighted by molar-refractivity contribution is -0.141. The summed E-state index contributed by atoms with van der Waals surface area (Å²) < 4.78 is 0. The summed E-state index contributed by atoms with van der Waals surface area (Å²) >= 11 is 1.65. The van der Waals surface area contributed by atoms with Crippen molar-refractivity contribution in [3.8, 4) is 0 Å². The average molecular weight is 295 g/mol. The molecule has 0 bridgehead atoms. The van der Waals surface area contributed by atoms with E-state index in [4.69, 9.17) is 5.11 Å². The molecule has 110 valence electrons. The van der Waals surface area contributed by atoms with Crippen molar-refractivity contribution in [2.75, 3.05) is 6.54 Å². The highest BCUT2D eigenvalue weighted by molar-refractivity contribution is 7.07. The molecule has 5 heteroatoms. The minimum absolute atomic E-state index is 0.0235. The predicted octanol–water partition coefficient (Wildman–Crippen LogP) is 3.30. The molecule has 1 fully saturated rings. The van der Waals surface area contributed by atoms with E-state index in [1.54, 1.807) is 11.3 Å². The van der Waals surface area contributed by atoms with Gasteiger partial charge in [0.05, 0.1) is 12.5 Å². The Bertz CT molecular complexity index is 481. The Balaban J connectivity index is 2.03. The van der Waals surface area contributed by atoms with Crippen LogP contribution in [0, 0.1) is 5.41 Å². The first-order chi connectivity index (χ1) is 9.39. The molecule has 1 saturated heterocycles. The van der Waals surface area contributed by atoms with Crippen LogP contribution in [-0.4, -0.2) is 28.4 Å². The van der Waals surface area contributed by atoms with Gasteiger partial charge in [0.2, 0.25) is 5.91 Å². The highest BCUT2D eigenvalue weighted by atomic mass is 32.1. The topological polar surface area (TPSA) is 57.6 Å². The number of carbonyl (C=O) groups excluding carboxylic acids is 1. The number of carbonyl (C=O) groups is 2. The Morgan fingerprint density at radius 3 is 2.80 bits per heavy atom. The third kappa shape index (κ3) is 3.60. The van der Waals surface area contributed by atoms with Crippen LogP contribution in [0.3, 0.4) is 0 Å². The average Bonchev–Trinajstić information content (AvgIpc) is 2.97. The van der Waals surface area contributed by atoms with Gasteiger partial charge in [-0.1, -0.05) is 13.8 Å². The number of thiophene rings is 1. The quantitative estimate of drug-likeness (QED) is 0.906. The maximum Gasteiger partial charge on any atom is 0.303 e. The van der Waals surface area contributed by atoms with E-state index < -0.39 is 11.4 Å². The second-order valence-electron chi connectivity index (χ2n) is 6.21. The molecule has 1 N–H and O–H groups in total. The summed E-state index contributed by atoms with van der Waals surface area (Å²) in [6, 6.07) is 2.25. The number of nitrogens with zero attached hydrogens (tertiary/aromatic N) is 1. The third-order valence-corrected chi connectivity index (χ3v) is 4.46. The Morgan fingerprint density at radius 1 is 1.45 bits per heavy atom. The molecule has 1 unspecified atom stereocenters. The van der Waals surface area contributed by atoms with E-state index >= 15 is 0 Å². The summed E-state index contributed by atoms with van der Waals surface area (Å²) in [5, 5.41) is 13.0.